The average Bonchev–Trinajstić information content (AvgIpc) is 2.94. The number of piperazine rings is 1. The van der Waals surface area contributed by atoms with Crippen LogP contribution in [0.5, 0.6) is 5.75 Å². The van der Waals surface area contributed by atoms with Crippen LogP contribution in [0, 0.1) is 0 Å². The van der Waals surface area contributed by atoms with Crippen LogP contribution in [-0.2, 0) is 9.84 Å². The Balaban J connectivity index is 1.55. The lowest BCUT2D eigenvalue weighted by molar-refractivity contribution is -0.925. The summed E-state index contributed by atoms with van der Waals surface area (Å²) in [6.45, 7) is 2.32. The number of nitrogens with one attached hydrogen (secondary N) is 1. The van der Waals surface area contributed by atoms with Crippen LogP contribution in [-0.4, -0.2) is 69.3 Å². The van der Waals surface area contributed by atoms with E-state index in [-0.39, 0.29) is 29.2 Å². The molecule has 0 radical (unpaired) electrons. The van der Waals surface area contributed by atoms with E-state index in [1.165, 1.54) is 17.0 Å². The summed E-state index contributed by atoms with van der Waals surface area (Å²) in [5.74, 6) is -0.181. The van der Waals surface area contributed by atoms with Crippen LogP contribution in [0.1, 0.15) is 16.8 Å². The second-order valence-electron chi connectivity index (χ2n) is 6.62. The monoisotopic (exact) mass is 393 g/mol. The molecule has 0 aromatic heterocycles. The minimum atomic E-state index is -4.77. The first-order valence-electron chi connectivity index (χ1n) is 8.33. The van der Waals surface area contributed by atoms with Crippen molar-refractivity contribution in [3.05, 3.63) is 29.8 Å². The molecule has 6 nitrogen and oxygen atoms in total. The van der Waals surface area contributed by atoms with Gasteiger partial charge < -0.3 is 14.5 Å². The number of carbonyl (C=O) groups excluding carboxylic acids is 1. The number of rotatable bonds is 3. The maximum Gasteiger partial charge on any atom is 0.573 e. The maximum absolute atomic E-state index is 12.5. The second-order valence-corrected chi connectivity index (χ2v) is 8.85. The number of alkyl halides is 3. The summed E-state index contributed by atoms with van der Waals surface area (Å²) in [4.78, 5) is 15.3. The average molecular weight is 393 g/mol. The van der Waals surface area contributed by atoms with Crippen molar-refractivity contribution in [3.63, 3.8) is 0 Å². The highest BCUT2D eigenvalue weighted by atomic mass is 32.2. The third-order valence-electron chi connectivity index (χ3n) is 4.84. The molecule has 2 aliphatic heterocycles. The first kappa shape index (κ1) is 19.0. The molecule has 2 heterocycles. The quantitative estimate of drug-likeness (QED) is 0.792. The number of ether oxygens (including phenoxy) is 1. The van der Waals surface area contributed by atoms with Crippen LogP contribution in [0.2, 0.25) is 0 Å². The molecule has 10 heteroatoms. The number of nitrogens with zero attached hydrogens (tertiary/aromatic N) is 1. The fourth-order valence-electron chi connectivity index (χ4n) is 3.50. The maximum atomic E-state index is 12.5. The van der Waals surface area contributed by atoms with Gasteiger partial charge in [0.05, 0.1) is 31.9 Å². The summed E-state index contributed by atoms with van der Waals surface area (Å²) in [5.41, 5.74) is 0.298. The molecule has 0 aliphatic carbocycles. The standard InChI is InChI=1S/C16H19F3N2O4S/c17-16(18,19)25-14-3-1-12(2-4-14)15(22)21-8-6-20(7-9-21)13-5-10-26(23,24)11-13/h1-4,13H,5-11H2/p+1/t13-/m1/s1. The Morgan fingerprint density at radius 1 is 1.15 bits per heavy atom. The van der Waals surface area contributed by atoms with Gasteiger partial charge in [0.2, 0.25) is 0 Å². The van der Waals surface area contributed by atoms with Gasteiger partial charge >= 0.3 is 6.36 Å². The zero-order valence-corrected chi connectivity index (χ0v) is 14.8. The Labute approximate surface area is 149 Å². The number of quaternary nitrogens is 1. The van der Waals surface area contributed by atoms with Crippen molar-refractivity contribution in [2.24, 2.45) is 0 Å². The first-order valence-corrected chi connectivity index (χ1v) is 10.2. The van der Waals surface area contributed by atoms with Gasteiger partial charge in [-0.2, -0.15) is 0 Å². The van der Waals surface area contributed by atoms with Gasteiger partial charge in [-0.15, -0.1) is 13.2 Å². The van der Waals surface area contributed by atoms with Crippen molar-refractivity contribution in [1.29, 1.82) is 0 Å². The lowest BCUT2D eigenvalue weighted by Crippen LogP contribution is -3.18. The predicted octanol–water partition coefficient (Wildman–Crippen LogP) is 0.113. The summed E-state index contributed by atoms with van der Waals surface area (Å²) in [6, 6.07) is 4.95. The second kappa shape index (κ2) is 7.07. The highest BCUT2D eigenvalue weighted by molar-refractivity contribution is 7.91. The third-order valence-corrected chi connectivity index (χ3v) is 6.61. The zero-order valence-electron chi connectivity index (χ0n) is 14.0. The number of sulfone groups is 1. The van der Waals surface area contributed by atoms with Crippen molar-refractivity contribution in [2.75, 3.05) is 37.7 Å². The molecule has 1 aromatic rings. The van der Waals surface area contributed by atoms with E-state index in [4.69, 9.17) is 0 Å². The molecule has 1 atom stereocenters. The topological polar surface area (TPSA) is 68.1 Å². The molecule has 1 amide bonds. The minimum absolute atomic E-state index is 0.0936. The fourth-order valence-corrected chi connectivity index (χ4v) is 5.33. The highest BCUT2D eigenvalue weighted by Gasteiger charge is 2.37. The van der Waals surface area contributed by atoms with Gasteiger partial charge in [-0.05, 0) is 24.3 Å². The minimum Gasteiger partial charge on any atom is -0.406 e. The van der Waals surface area contributed by atoms with Crippen molar-refractivity contribution >= 4 is 15.7 Å². The van der Waals surface area contributed by atoms with Crippen LogP contribution in [0.3, 0.4) is 0 Å². The summed E-state index contributed by atoms with van der Waals surface area (Å²) >= 11 is 0. The molecule has 0 bridgehead atoms. The lowest BCUT2D eigenvalue weighted by Gasteiger charge is -2.35. The molecule has 3 rings (SSSR count). The van der Waals surface area contributed by atoms with Crippen LogP contribution >= 0.6 is 0 Å². The molecular weight excluding hydrogens is 373 g/mol. The van der Waals surface area contributed by atoms with Crippen LogP contribution in [0.25, 0.3) is 0 Å². The van der Waals surface area contributed by atoms with Crippen LogP contribution in [0.15, 0.2) is 24.3 Å². The first-order chi connectivity index (χ1) is 12.1. The molecule has 0 saturated carbocycles. The Bertz CT molecular complexity index is 757. The van der Waals surface area contributed by atoms with Gasteiger partial charge in [-0.25, -0.2) is 8.42 Å². The molecule has 1 aromatic carbocycles. The Kier molecular flexibility index (Phi) is 5.16. The number of amides is 1. The lowest BCUT2D eigenvalue weighted by atomic mass is 10.1. The SMILES string of the molecule is O=C(c1ccc(OC(F)(F)F)cc1)N1CC[NH+]([C@@H]2CCS(=O)(=O)C2)CC1. The number of halogens is 3. The normalized spacial score (nSPS) is 23.8. The predicted molar refractivity (Wildman–Crippen MR) is 86.8 cm³/mol. The molecule has 2 fully saturated rings. The Morgan fingerprint density at radius 3 is 2.27 bits per heavy atom. The van der Waals surface area contributed by atoms with E-state index in [1.807, 2.05) is 0 Å². The van der Waals surface area contributed by atoms with E-state index in [1.54, 1.807) is 4.90 Å². The highest BCUT2D eigenvalue weighted by Crippen LogP contribution is 2.23. The van der Waals surface area contributed by atoms with E-state index >= 15 is 0 Å². The zero-order chi connectivity index (χ0) is 18.9. The van der Waals surface area contributed by atoms with E-state index < -0.39 is 16.2 Å². The van der Waals surface area contributed by atoms with Gasteiger partial charge in [-0.3, -0.25) is 4.79 Å². The summed E-state index contributed by atoms with van der Waals surface area (Å²) < 4.78 is 63.5. The van der Waals surface area contributed by atoms with Crippen molar-refractivity contribution in [1.82, 2.24) is 4.90 Å². The third kappa shape index (κ3) is 4.67. The fraction of sp³-hybridized carbons (Fsp3) is 0.562. The van der Waals surface area contributed by atoms with Gasteiger partial charge in [0.1, 0.15) is 17.5 Å². The number of hydrogen-bond donors (Lipinski definition) is 1. The molecule has 2 saturated heterocycles. The van der Waals surface area contributed by atoms with Gasteiger partial charge in [0.25, 0.3) is 5.91 Å². The van der Waals surface area contributed by atoms with E-state index in [0.29, 0.717) is 38.2 Å². The van der Waals surface area contributed by atoms with E-state index in [9.17, 15) is 26.4 Å². The number of benzene rings is 1. The molecule has 0 unspecified atom stereocenters. The van der Waals surface area contributed by atoms with Gasteiger partial charge in [-0.1, -0.05) is 0 Å². The number of carbonyl (C=O) groups is 1. The molecule has 2 aliphatic rings. The Morgan fingerprint density at radius 2 is 1.77 bits per heavy atom. The summed E-state index contributed by atoms with van der Waals surface area (Å²) in [6.07, 6.45) is -4.11. The largest absolute Gasteiger partial charge is 0.573 e. The molecule has 144 valence electrons. The molecule has 0 spiro atoms. The summed E-state index contributed by atoms with van der Waals surface area (Å²) in [5, 5.41) is 0. The van der Waals surface area contributed by atoms with Gasteiger partial charge in [0, 0.05) is 12.0 Å². The van der Waals surface area contributed by atoms with Crippen LogP contribution in [0.4, 0.5) is 13.2 Å². The molecular formula is C16H20F3N2O4S+. The van der Waals surface area contributed by atoms with E-state index in [2.05, 4.69) is 4.74 Å². The summed E-state index contributed by atoms with van der Waals surface area (Å²) in [7, 11) is -2.93. The van der Waals surface area contributed by atoms with Crippen molar-refractivity contribution in [2.45, 2.75) is 18.8 Å². The van der Waals surface area contributed by atoms with E-state index in [0.717, 1.165) is 12.1 Å². The van der Waals surface area contributed by atoms with Crippen LogP contribution < -0.4 is 9.64 Å². The van der Waals surface area contributed by atoms with Crippen molar-refractivity contribution in [3.8, 4) is 5.75 Å². The smallest absolute Gasteiger partial charge is 0.406 e. The van der Waals surface area contributed by atoms with Crippen molar-refractivity contribution < 1.29 is 36.0 Å². The van der Waals surface area contributed by atoms with Gasteiger partial charge in [0.15, 0.2) is 9.84 Å². The molecule has 26 heavy (non-hydrogen) atoms. The number of hydrogen-bond acceptors (Lipinski definition) is 4. The molecule has 1 N–H and O–H groups in total. The Hall–Kier alpha value is -1.81.